The van der Waals surface area contributed by atoms with E-state index in [0.717, 1.165) is 29.9 Å². The van der Waals surface area contributed by atoms with Gasteiger partial charge >= 0.3 is 0 Å². The van der Waals surface area contributed by atoms with E-state index in [1.807, 2.05) is 25.1 Å². The number of nitrogens with zero attached hydrogens (tertiary/aromatic N) is 6. The molecule has 1 aliphatic heterocycles. The molecule has 0 aromatic carbocycles. The summed E-state index contributed by atoms with van der Waals surface area (Å²) in [6, 6.07) is 7.68. The predicted molar refractivity (Wildman–Crippen MR) is 134 cm³/mol. The number of nitrogens with one attached hydrogen (secondary N) is 2. The summed E-state index contributed by atoms with van der Waals surface area (Å²) < 4.78 is 22.4. The molecule has 9 nitrogen and oxygen atoms in total. The van der Waals surface area contributed by atoms with Crippen LogP contribution in [0.25, 0.3) is 11.4 Å². The number of aromatic nitrogens is 6. The van der Waals surface area contributed by atoms with Crippen LogP contribution in [0.1, 0.15) is 36.0 Å². The third-order valence-electron chi connectivity index (χ3n) is 6.03. The molecule has 0 spiro atoms. The average molecular weight is 509 g/mol. The number of pyridine rings is 2. The number of hydrogen-bond acceptors (Lipinski definition) is 8. The van der Waals surface area contributed by atoms with E-state index >= 15 is 0 Å². The van der Waals surface area contributed by atoms with E-state index in [-0.39, 0.29) is 17.7 Å². The number of aryl methyl sites for hydroxylation is 1. The first-order valence-corrected chi connectivity index (χ1v) is 12.1. The molecule has 1 aliphatic rings. The van der Waals surface area contributed by atoms with Gasteiger partial charge in [-0.25, -0.2) is 24.3 Å². The van der Waals surface area contributed by atoms with Crippen molar-refractivity contribution >= 4 is 23.2 Å². The van der Waals surface area contributed by atoms with E-state index in [1.54, 1.807) is 24.7 Å². The normalized spacial score (nSPS) is 14.2. The minimum absolute atomic E-state index is 0.198. The Morgan fingerprint density at radius 1 is 1.00 bits per heavy atom. The van der Waals surface area contributed by atoms with E-state index < -0.39 is 5.82 Å². The van der Waals surface area contributed by atoms with Crippen molar-refractivity contribution in [2.75, 3.05) is 18.5 Å². The van der Waals surface area contributed by atoms with Gasteiger partial charge in [0.2, 0.25) is 5.95 Å². The zero-order chi connectivity index (χ0) is 24.9. The number of hydrogen-bond donors (Lipinski definition) is 2. The minimum Gasteiger partial charge on any atom is -0.381 e. The van der Waals surface area contributed by atoms with Gasteiger partial charge in [0.25, 0.3) is 0 Å². The predicted octanol–water partition coefficient (Wildman–Crippen LogP) is 4.62. The lowest BCUT2D eigenvalue weighted by Crippen LogP contribution is -2.21. The van der Waals surface area contributed by atoms with Gasteiger partial charge in [-0.2, -0.15) is 0 Å². The van der Waals surface area contributed by atoms with E-state index in [4.69, 9.17) is 16.3 Å². The van der Waals surface area contributed by atoms with E-state index in [0.29, 0.717) is 42.8 Å². The molecule has 0 unspecified atom stereocenters. The molecule has 4 aromatic rings. The topological polar surface area (TPSA) is 103 Å². The van der Waals surface area contributed by atoms with Gasteiger partial charge < -0.3 is 19.9 Å². The number of halogens is 2. The fourth-order valence-corrected chi connectivity index (χ4v) is 4.33. The van der Waals surface area contributed by atoms with Crippen molar-refractivity contribution in [1.29, 1.82) is 0 Å². The monoisotopic (exact) mass is 508 g/mol. The summed E-state index contributed by atoms with van der Waals surface area (Å²) in [4.78, 5) is 21.6. The summed E-state index contributed by atoms with van der Waals surface area (Å²) in [6.07, 6.45) is 7.99. The van der Waals surface area contributed by atoms with Crippen molar-refractivity contribution < 1.29 is 9.13 Å². The molecule has 4 aromatic heterocycles. The molecule has 0 radical (unpaired) electrons. The Bertz CT molecular complexity index is 1310. The molecule has 0 atom stereocenters. The molecule has 11 heteroatoms. The van der Waals surface area contributed by atoms with Gasteiger partial charge in [-0.15, -0.1) is 0 Å². The zero-order valence-corrected chi connectivity index (χ0v) is 20.5. The first-order chi connectivity index (χ1) is 17.6. The van der Waals surface area contributed by atoms with Crippen molar-refractivity contribution in [2.45, 2.75) is 38.9 Å². The molecule has 5 heterocycles. The molecule has 0 saturated carbocycles. The summed E-state index contributed by atoms with van der Waals surface area (Å²) in [5.74, 6) is 0.612. The Morgan fingerprint density at radius 2 is 1.86 bits per heavy atom. The molecule has 1 fully saturated rings. The molecule has 2 N–H and O–H groups in total. The highest BCUT2D eigenvalue weighted by Crippen LogP contribution is 2.31. The lowest BCUT2D eigenvalue weighted by atomic mass is 10.1. The average Bonchev–Trinajstić information content (AvgIpc) is 3.29. The quantitative estimate of drug-likeness (QED) is 0.332. The zero-order valence-electron chi connectivity index (χ0n) is 19.8. The first-order valence-electron chi connectivity index (χ1n) is 11.7. The molecule has 0 aliphatic carbocycles. The Hall–Kier alpha value is -3.47. The molecule has 186 valence electrons. The van der Waals surface area contributed by atoms with Crippen LogP contribution < -0.4 is 10.6 Å². The summed E-state index contributed by atoms with van der Waals surface area (Å²) >= 11 is 5.82. The highest BCUT2D eigenvalue weighted by Gasteiger charge is 2.23. The van der Waals surface area contributed by atoms with Crippen LogP contribution in [0.3, 0.4) is 0 Å². The van der Waals surface area contributed by atoms with Crippen LogP contribution in [0.5, 0.6) is 0 Å². The third kappa shape index (κ3) is 5.67. The van der Waals surface area contributed by atoms with Gasteiger partial charge in [0, 0.05) is 38.5 Å². The van der Waals surface area contributed by atoms with Crippen LogP contribution in [0.15, 0.2) is 49.1 Å². The van der Waals surface area contributed by atoms with Gasteiger partial charge in [-0.1, -0.05) is 17.7 Å². The van der Waals surface area contributed by atoms with E-state index in [9.17, 15) is 4.39 Å². The fraction of sp³-hybridized carbons (Fsp3) is 0.320. The smallest absolute Gasteiger partial charge is 0.228 e. The van der Waals surface area contributed by atoms with Crippen LogP contribution in [0, 0.1) is 12.7 Å². The van der Waals surface area contributed by atoms with Crippen molar-refractivity contribution in [3.05, 3.63) is 77.1 Å². The van der Waals surface area contributed by atoms with Crippen molar-refractivity contribution in [2.24, 2.45) is 0 Å². The van der Waals surface area contributed by atoms with Crippen LogP contribution in [-0.2, 0) is 17.8 Å². The second-order valence-electron chi connectivity index (χ2n) is 8.55. The molecule has 0 amide bonds. The Kier molecular flexibility index (Phi) is 7.45. The number of rotatable bonds is 8. The lowest BCUT2D eigenvalue weighted by Gasteiger charge is -2.26. The maximum absolute atomic E-state index is 14.8. The van der Waals surface area contributed by atoms with Gasteiger partial charge in [-0.3, -0.25) is 4.98 Å². The van der Waals surface area contributed by atoms with Crippen LogP contribution in [0.4, 0.5) is 16.0 Å². The summed E-state index contributed by atoms with van der Waals surface area (Å²) in [6.45, 7) is 4.53. The van der Waals surface area contributed by atoms with Gasteiger partial charge in [0.15, 0.2) is 5.82 Å². The molecule has 0 bridgehead atoms. The molecular weight excluding hydrogens is 483 g/mol. The van der Waals surface area contributed by atoms with E-state index in [1.165, 1.54) is 6.20 Å². The Balaban J connectivity index is 1.26. The molecule has 5 rings (SSSR count). The second kappa shape index (κ2) is 11.1. The van der Waals surface area contributed by atoms with E-state index in [2.05, 4.69) is 40.1 Å². The largest absolute Gasteiger partial charge is 0.381 e. The van der Waals surface area contributed by atoms with Gasteiger partial charge in [0.05, 0.1) is 35.7 Å². The summed E-state index contributed by atoms with van der Waals surface area (Å²) in [5.41, 5.74) is 3.46. The number of imidazole rings is 1. The molecule has 36 heavy (non-hydrogen) atoms. The summed E-state index contributed by atoms with van der Waals surface area (Å²) in [7, 11) is 0. The Labute approximate surface area is 213 Å². The molecular formula is C25H26ClFN8O. The highest BCUT2D eigenvalue weighted by atomic mass is 35.5. The third-order valence-corrected chi connectivity index (χ3v) is 6.25. The summed E-state index contributed by atoms with van der Waals surface area (Å²) in [5, 5.41) is 6.92. The number of anilines is 2. The SMILES string of the molecule is Cc1ncc(-c2nc(Nc3ccc(CNCc4ccc(Cl)nc4)nc3)ncc2F)n1C1CCOCC1. The van der Waals surface area contributed by atoms with Crippen LogP contribution in [-0.4, -0.2) is 42.7 Å². The standard InChI is InChI=1S/C25H26ClFN8O/c1-16-29-15-22(35(16)20-6-8-36-9-7-20)24-21(27)14-32-25(34-24)33-19-4-3-18(30-13-19)12-28-10-17-2-5-23(26)31-11-17/h2-5,11,13-15,20,28H,6-10,12H2,1H3,(H,32,33,34). The Morgan fingerprint density at radius 3 is 2.61 bits per heavy atom. The maximum atomic E-state index is 14.8. The van der Waals surface area contributed by atoms with Gasteiger partial charge in [0.1, 0.15) is 16.7 Å². The van der Waals surface area contributed by atoms with Crippen molar-refractivity contribution in [3.8, 4) is 11.4 Å². The first kappa shape index (κ1) is 24.2. The molecule has 1 saturated heterocycles. The van der Waals surface area contributed by atoms with Gasteiger partial charge in [-0.05, 0) is 43.5 Å². The highest BCUT2D eigenvalue weighted by molar-refractivity contribution is 6.29. The lowest BCUT2D eigenvalue weighted by molar-refractivity contribution is 0.0694. The van der Waals surface area contributed by atoms with Crippen LogP contribution >= 0.6 is 11.6 Å². The second-order valence-corrected chi connectivity index (χ2v) is 8.94. The minimum atomic E-state index is -0.496. The van der Waals surface area contributed by atoms with Crippen molar-refractivity contribution in [3.63, 3.8) is 0 Å². The fourth-order valence-electron chi connectivity index (χ4n) is 4.22. The number of ether oxygens (including phenoxy) is 1. The van der Waals surface area contributed by atoms with Crippen LogP contribution in [0.2, 0.25) is 5.15 Å². The van der Waals surface area contributed by atoms with Crippen molar-refractivity contribution in [1.82, 2.24) is 34.8 Å². The maximum Gasteiger partial charge on any atom is 0.228 e.